The average molecular weight is 390 g/mol. The van der Waals surface area contributed by atoms with E-state index in [0.717, 1.165) is 59.1 Å². The van der Waals surface area contributed by atoms with Gasteiger partial charge >= 0.3 is 0 Å². The summed E-state index contributed by atoms with van der Waals surface area (Å²) in [4.78, 5) is 24.5. The molecule has 0 saturated carbocycles. The summed E-state index contributed by atoms with van der Waals surface area (Å²) in [7, 11) is 0. The van der Waals surface area contributed by atoms with E-state index in [2.05, 4.69) is 26.3 Å². The molecule has 1 amide bonds. The van der Waals surface area contributed by atoms with E-state index in [0.29, 0.717) is 0 Å². The SMILES string of the molecule is Cc1cc(Br)ccc1NC(=O)Cn1nc2c(cc1=O)CCCCC2. The molecule has 1 aliphatic carbocycles. The number of hydrogen-bond acceptors (Lipinski definition) is 3. The van der Waals surface area contributed by atoms with E-state index in [4.69, 9.17) is 0 Å². The van der Waals surface area contributed by atoms with Crippen LogP contribution >= 0.6 is 15.9 Å². The number of aryl methyl sites for hydroxylation is 3. The van der Waals surface area contributed by atoms with E-state index in [1.54, 1.807) is 6.07 Å². The minimum Gasteiger partial charge on any atom is -0.324 e. The largest absolute Gasteiger partial charge is 0.324 e. The normalized spacial score (nSPS) is 13.9. The molecule has 24 heavy (non-hydrogen) atoms. The lowest BCUT2D eigenvalue weighted by atomic mass is 10.1. The minimum atomic E-state index is -0.247. The molecule has 1 aromatic carbocycles. The van der Waals surface area contributed by atoms with E-state index in [1.807, 2.05) is 25.1 Å². The number of benzene rings is 1. The summed E-state index contributed by atoms with van der Waals surface area (Å²) in [6.45, 7) is 1.86. The molecule has 2 aromatic rings. The number of amides is 1. The van der Waals surface area contributed by atoms with E-state index >= 15 is 0 Å². The second-order valence-electron chi connectivity index (χ2n) is 6.18. The number of carbonyl (C=O) groups excluding carboxylic acids is 1. The molecule has 1 N–H and O–H groups in total. The van der Waals surface area contributed by atoms with Crippen molar-refractivity contribution in [1.82, 2.24) is 9.78 Å². The van der Waals surface area contributed by atoms with Crippen LogP contribution in [0, 0.1) is 6.92 Å². The lowest BCUT2D eigenvalue weighted by Crippen LogP contribution is -2.30. The number of halogens is 1. The van der Waals surface area contributed by atoms with Crippen LogP contribution in [-0.2, 0) is 24.2 Å². The zero-order valence-corrected chi connectivity index (χ0v) is 15.2. The molecule has 1 aromatic heterocycles. The predicted octanol–water partition coefficient (Wildman–Crippen LogP) is 3.22. The summed E-state index contributed by atoms with van der Waals surface area (Å²) in [5.74, 6) is -0.247. The molecule has 0 aliphatic heterocycles. The molecular weight excluding hydrogens is 370 g/mol. The Balaban J connectivity index is 1.77. The summed E-state index contributed by atoms with van der Waals surface area (Å²) < 4.78 is 2.23. The van der Waals surface area contributed by atoms with Crippen LogP contribution in [0.3, 0.4) is 0 Å². The fourth-order valence-electron chi connectivity index (χ4n) is 2.98. The minimum absolute atomic E-state index is 0.0678. The molecule has 0 bridgehead atoms. The topological polar surface area (TPSA) is 64.0 Å². The zero-order chi connectivity index (χ0) is 17.1. The Morgan fingerprint density at radius 1 is 1.25 bits per heavy atom. The Kier molecular flexibility index (Phi) is 5.14. The van der Waals surface area contributed by atoms with Crippen LogP contribution in [0.1, 0.15) is 36.1 Å². The van der Waals surface area contributed by atoms with E-state index in [9.17, 15) is 9.59 Å². The van der Waals surface area contributed by atoms with Gasteiger partial charge in [0.15, 0.2) is 0 Å². The van der Waals surface area contributed by atoms with Crippen molar-refractivity contribution in [2.24, 2.45) is 0 Å². The quantitative estimate of drug-likeness (QED) is 0.819. The van der Waals surface area contributed by atoms with Gasteiger partial charge in [-0.2, -0.15) is 5.10 Å². The molecular formula is C18H20BrN3O2. The van der Waals surface area contributed by atoms with Crippen molar-refractivity contribution >= 4 is 27.5 Å². The summed E-state index contributed by atoms with van der Waals surface area (Å²) in [6.07, 6.45) is 5.13. The lowest BCUT2D eigenvalue weighted by Gasteiger charge is -2.11. The first-order chi connectivity index (χ1) is 11.5. The summed E-state index contributed by atoms with van der Waals surface area (Å²) in [6, 6.07) is 7.29. The Morgan fingerprint density at radius 3 is 2.83 bits per heavy atom. The van der Waals surface area contributed by atoms with Crippen molar-refractivity contribution in [1.29, 1.82) is 0 Å². The van der Waals surface area contributed by atoms with Crippen LogP contribution in [0.15, 0.2) is 33.5 Å². The Morgan fingerprint density at radius 2 is 2.04 bits per heavy atom. The highest BCUT2D eigenvalue weighted by Crippen LogP contribution is 2.20. The molecule has 0 unspecified atom stereocenters. The monoisotopic (exact) mass is 389 g/mol. The average Bonchev–Trinajstić information content (AvgIpc) is 2.75. The molecule has 3 rings (SSSR count). The number of nitrogens with one attached hydrogen (secondary N) is 1. The highest BCUT2D eigenvalue weighted by molar-refractivity contribution is 9.10. The van der Waals surface area contributed by atoms with Crippen molar-refractivity contribution in [2.75, 3.05) is 5.32 Å². The smallest absolute Gasteiger partial charge is 0.267 e. The van der Waals surface area contributed by atoms with Crippen LogP contribution < -0.4 is 10.9 Å². The number of anilines is 1. The summed E-state index contributed by atoms with van der Waals surface area (Å²) >= 11 is 3.40. The molecule has 1 aliphatic rings. The fourth-order valence-corrected chi connectivity index (χ4v) is 3.46. The van der Waals surface area contributed by atoms with E-state index in [1.165, 1.54) is 4.68 Å². The van der Waals surface area contributed by atoms with Crippen molar-refractivity contribution < 1.29 is 4.79 Å². The Hall–Kier alpha value is -1.95. The zero-order valence-electron chi connectivity index (χ0n) is 13.6. The van der Waals surface area contributed by atoms with Crippen molar-refractivity contribution in [3.63, 3.8) is 0 Å². The molecule has 5 nitrogen and oxygen atoms in total. The highest BCUT2D eigenvalue weighted by atomic mass is 79.9. The highest BCUT2D eigenvalue weighted by Gasteiger charge is 2.14. The van der Waals surface area contributed by atoms with Gasteiger partial charge in [-0.25, -0.2) is 4.68 Å². The molecule has 0 fully saturated rings. The van der Waals surface area contributed by atoms with E-state index in [-0.39, 0.29) is 18.0 Å². The van der Waals surface area contributed by atoms with Crippen molar-refractivity contribution in [3.8, 4) is 0 Å². The van der Waals surface area contributed by atoms with Gasteiger partial charge in [-0.1, -0.05) is 22.4 Å². The fraction of sp³-hybridized carbons (Fsp3) is 0.389. The number of rotatable bonds is 3. The molecule has 126 valence electrons. The standard InChI is InChI=1S/C18H20BrN3O2/c1-12-9-14(19)7-8-15(12)20-17(23)11-22-18(24)10-13-5-3-2-4-6-16(13)21-22/h7-10H,2-6,11H2,1H3,(H,20,23). The van der Waals surface area contributed by atoms with Crippen LogP contribution in [0.4, 0.5) is 5.69 Å². The van der Waals surface area contributed by atoms with Crippen LogP contribution in [0.25, 0.3) is 0 Å². The van der Waals surface area contributed by atoms with Gasteiger partial charge in [0.2, 0.25) is 5.91 Å². The maximum absolute atomic E-state index is 12.3. The molecule has 0 atom stereocenters. The number of nitrogens with zero attached hydrogens (tertiary/aromatic N) is 2. The third-order valence-electron chi connectivity index (χ3n) is 4.28. The molecule has 0 radical (unpaired) electrons. The number of carbonyl (C=O) groups is 1. The van der Waals surface area contributed by atoms with Gasteiger partial charge in [0.1, 0.15) is 6.54 Å². The third kappa shape index (κ3) is 3.93. The van der Waals surface area contributed by atoms with Crippen molar-refractivity contribution in [3.05, 3.63) is 55.9 Å². The second kappa shape index (κ2) is 7.30. The molecule has 6 heteroatoms. The van der Waals surface area contributed by atoms with E-state index < -0.39 is 0 Å². The maximum Gasteiger partial charge on any atom is 0.267 e. The van der Waals surface area contributed by atoms with Crippen LogP contribution in [0.5, 0.6) is 0 Å². The second-order valence-corrected chi connectivity index (χ2v) is 7.10. The summed E-state index contributed by atoms with van der Waals surface area (Å²) in [5.41, 5.74) is 3.49. The first-order valence-corrected chi connectivity index (χ1v) is 8.98. The van der Waals surface area contributed by atoms with Gasteiger partial charge in [0, 0.05) is 16.2 Å². The van der Waals surface area contributed by atoms with Crippen molar-refractivity contribution in [2.45, 2.75) is 45.6 Å². The molecule has 0 saturated heterocycles. The van der Waals surface area contributed by atoms with Crippen LogP contribution in [-0.4, -0.2) is 15.7 Å². The van der Waals surface area contributed by atoms with Crippen LogP contribution in [0.2, 0.25) is 0 Å². The predicted molar refractivity (Wildman–Crippen MR) is 97.3 cm³/mol. The number of hydrogen-bond donors (Lipinski definition) is 1. The Bertz CT molecular complexity index is 829. The Labute approximate surface area is 149 Å². The number of fused-ring (bicyclic) bond motifs is 1. The van der Waals surface area contributed by atoms with Gasteiger partial charge < -0.3 is 5.32 Å². The van der Waals surface area contributed by atoms with Gasteiger partial charge in [-0.05, 0) is 61.9 Å². The maximum atomic E-state index is 12.3. The van der Waals surface area contributed by atoms with Gasteiger partial charge in [-0.3, -0.25) is 9.59 Å². The van der Waals surface area contributed by atoms with Gasteiger partial charge in [0.25, 0.3) is 5.56 Å². The number of aromatic nitrogens is 2. The summed E-state index contributed by atoms with van der Waals surface area (Å²) in [5, 5.41) is 7.27. The first kappa shape index (κ1) is 16.9. The van der Waals surface area contributed by atoms with Gasteiger partial charge in [0.05, 0.1) is 5.69 Å². The first-order valence-electron chi connectivity index (χ1n) is 8.19. The van der Waals surface area contributed by atoms with Gasteiger partial charge in [-0.15, -0.1) is 0 Å². The third-order valence-corrected chi connectivity index (χ3v) is 4.77. The lowest BCUT2D eigenvalue weighted by molar-refractivity contribution is -0.117. The molecule has 1 heterocycles. The molecule has 0 spiro atoms.